The van der Waals surface area contributed by atoms with E-state index in [-0.39, 0.29) is 5.82 Å². The third-order valence-corrected chi connectivity index (χ3v) is 3.41. The van der Waals surface area contributed by atoms with Crippen molar-refractivity contribution in [2.75, 3.05) is 0 Å². The van der Waals surface area contributed by atoms with E-state index in [0.717, 1.165) is 15.6 Å². The van der Waals surface area contributed by atoms with Crippen LogP contribution < -0.4 is 4.74 Å². The molecule has 1 atom stereocenters. The summed E-state index contributed by atoms with van der Waals surface area (Å²) in [6.07, 6.45) is -0.530. The fourth-order valence-corrected chi connectivity index (χ4v) is 2.18. The first-order valence-electron chi connectivity index (χ1n) is 5.89. The molecule has 0 saturated carbocycles. The molecule has 100 valence electrons. The van der Waals surface area contributed by atoms with Gasteiger partial charge in [-0.1, -0.05) is 6.07 Å². The summed E-state index contributed by atoms with van der Waals surface area (Å²) in [4.78, 5) is 0. The van der Waals surface area contributed by atoms with Crippen LogP contribution in [0.3, 0.4) is 0 Å². The van der Waals surface area contributed by atoms with Gasteiger partial charge in [0.05, 0.1) is 10.6 Å². The van der Waals surface area contributed by atoms with Crippen molar-refractivity contribution in [2.24, 2.45) is 0 Å². The number of rotatable bonds is 3. The van der Waals surface area contributed by atoms with E-state index in [9.17, 15) is 9.50 Å². The zero-order chi connectivity index (χ0) is 14.0. The largest absolute Gasteiger partial charge is 0.456 e. The Morgan fingerprint density at radius 2 is 1.84 bits per heavy atom. The third-order valence-electron chi connectivity index (χ3n) is 2.80. The minimum atomic E-state index is -0.530. The molecule has 0 spiro atoms. The molecule has 2 nitrogen and oxygen atoms in total. The van der Waals surface area contributed by atoms with Crippen molar-refractivity contribution in [1.82, 2.24) is 0 Å². The summed E-state index contributed by atoms with van der Waals surface area (Å²) in [5, 5.41) is 9.50. The minimum absolute atomic E-state index is 0.284. The number of aryl methyl sites for hydroxylation is 1. The number of benzene rings is 2. The summed E-state index contributed by atoms with van der Waals surface area (Å²) in [5.74, 6) is 0.944. The first-order chi connectivity index (χ1) is 8.97. The second-order valence-corrected chi connectivity index (χ2v) is 5.23. The van der Waals surface area contributed by atoms with Crippen LogP contribution in [-0.2, 0) is 0 Å². The highest BCUT2D eigenvalue weighted by Crippen LogP contribution is 2.33. The standard InChI is InChI=1S/C15H14BrFO2/c1-9-7-12(17)4-6-14(9)19-15-5-3-11(10(2)18)8-13(15)16/h3-8,10,18H,1-2H3/t10-/m1/s1. The van der Waals surface area contributed by atoms with E-state index in [0.29, 0.717) is 11.5 Å². The van der Waals surface area contributed by atoms with Crippen LogP contribution in [0.2, 0.25) is 0 Å². The molecule has 0 saturated heterocycles. The maximum absolute atomic E-state index is 13.0. The molecule has 0 radical (unpaired) electrons. The Labute approximate surface area is 120 Å². The summed E-state index contributed by atoms with van der Waals surface area (Å²) in [6, 6.07) is 9.75. The van der Waals surface area contributed by atoms with Crippen LogP contribution >= 0.6 is 15.9 Å². The molecule has 0 amide bonds. The summed E-state index contributed by atoms with van der Waals surface area (Å²) in [5.41, 5.74) is 1.53. The lowest BCUT2D eigenvalue weighted by Crippen LogP contribution is -1.93. The minimum Gasteiger partial charge on any atom is -0.456 e. The van der Waals surface area contributed by atoms with Gasteiger partial charge in [0, 0.05) is 0 Å². The van der Waals surface area contributed by atoms with E-state index in [1.807, 2.05) is 0 Å². The predicted molar refractivity (Wildman–Crippen MR) is 76.0 cm³/mol. The Kier molecular flexibility index (Phi) is 4.22. The molecule has 0 fully saturated rings. The van der Waals surface area contributed by atoms with Gasteiger partial charge >= 0.3 is 0 Å². The van der Waals surface area contributed by atoms with Gasteiger partial charge in [0.1, 0.15) is 17.3 Å². The summed E-state index contributed by atoms with van der Waals surface area (Å²) < 4.78 is 19.5. The lowest BCUT2D eigenvalue weighted by Gasteiger charge is -2.12. The fraction of sp³-hybridized carbons (Fsp3) is 0.200. The van der Waals surface area contributed by atoms with E-state index in [1.165, 1.54) is 12.1 Å². The van der Waals surface area contributed by atoms with Gasteiger partial charge in [0.25, 0.3) is 0 Å². The smallest absolute Gasteiger partial charge is 0.141 e. The second-order valence-electron chi connectivity index (χ2n) is 4.38. The zero-order valence-corrected chi connectivity index (χ0v) is 12.2. The van der Waals surface area contributed by atoms with Crippen molar-refractivity contribution in [3.05, 3.63) is 57.8 Å². The lowest BCUT2D eigenvalue weighted by molar-refractivity contribution is 0.199. The quantitative estimate of drug-likeness (QED) is 0.883. The summed E-state index contributed by atoms with van der Waals surface area (Å²) in [6.45, 7) is 3.49. The number of aliphatic hydroxyl groups is 1. The Morgan fingerprint density at radius 1 is 1.16 bits per heavy atom. The van der Waals surface area contributed by atoms with E-state index < -0.39 is 6.10 Å². The molecular weight excluding hydrogens is 311 g/mol. The topological polar surface area (TPSA) is 29.5 Å². The normalized spacial score (nSPS) is 12.3. The highest BCUT2D eigenvalue weighted by atomic mass is 79.9. The van der Waals surface area contributed by atoms with Gasteiger partial charge in [-0.25, -0.2) is 4.39 Å². The molecule has 0 unspecified atom stereocenters. The molecule has 19 heavy (non-hydrogen) atoms. The van der Waals surface area contributed by atoms with E-state index in [4.69, 9.17) is 4.74 Å². The zero-order valence-electron chi connectivity index (χ0n) is 10.7. The summed E-state index contributed by atoms with van der Waals surface area (Å²) in [7, 11) is 0. The van der Waals surface area contributed by atoms with Gasteiger partial charge in [-0.05, 0) is 71.2 Å². The number of halogens is 2. The predicted octanol–water partition coefficient (Wildman–Crippen LogP) is 4.74. The first kappa shape index (κ1) is 14.0. The second kappa shape index (κ2) is 5.72. The lowest BCUT2D eigenvalue weighted by atomic mass is 10.1. The van der Waals surface area contributed by atoms with E-state index >= 15 is 0 Å². The van der Waals surface area contributed by atoms with E-state index in [1.54, 1.807) is 38.1 Å². The van der Waals surface area contributed by atoms with Crippen LogP contribution in [0.25, 0.3) is 0 Å². The van der Waals surface area contributed by atoms with Crippen molar-refractivity contribution < 1.29 is 14.2 Å². The Hall–Kier alpha value is -1.39. The maximum Gasteiger partial charge on any atom is 0.141 e. The highest BCUT2D eigenvalue weighted by molar-refractivity contribution is 9.10. The molecule has 0 heterocycles. The SMILES string of the molecule is Cc1cc(F)ccc1Oc1ccc([C@@H](C)O)cc1Br. The molecule has 1 N–H and O–H groups in total. The van der Waals surface area contributed by atoms with Crippen LogP contribution in [0.4, 0.5) is 4.39 Å². The van der Waals surface area contributed by atoms with Gasteiger partial charge in [0.15, 0.2) is 0 Å². The molecule has 0 aliphatic heterocycles. The van der Waals surface area contributed by atoms with Crippen molar-refractivity contribution in [3.8, 4) is 11.5 Å². The van der Waals surface area contributed by atoms with Gasteiger partial charge in [-0.3, -0.25) is 0 Å². The molecule has 2 aromatic rings. The van der Waals surface area contributed by atoms with Gasteiger partial charge in [-0.15, -0.1) is 0 Å². The van der Waals surface area contributed by atoms with Gasteiger partial charge in [-0.2, -0.15) is 0 Å². The van der Waals surface area contributed by atoms with Crippen LogP contribution in [0.5, 0.6) is 11.5 Å². The Balaban J connectivity index is 2.28. The first-order valence-corrected chi connectivity index (χ1v) is 6.68. The van der Waals surface area contributed by atoms with Crippen LogP contribution in [0.15, 0.2) is 40.9 Å². The average molecular weight is 325 g/mol. The van der Waals surface area contributed by atoms with Gasteiger partial charge in [0.2, 0.25) is 0 Å². The molecule has 0 bridgehead atoms. The fourth-order valence-electron chi connectivity index (χ4n) is 1.71. The van der Waals surface area contributed by atoms with Crippen LogP contribution in [0, 0.1) is 12.7 Å². The highest BCUT2D eigenvalue weighted by Gasteiger charge is 2.09. The van der Waals surface area contributed by atoms with Crippen molar-refractivity contribution in [1.29, 1.82) is 0 Å². The molecule has 0 aliphatic rings. The van der Waals surface area contributed by atoms with Gasteiger partial charge < -0.3 is 9.84 Å². The monoisotopic (exact) mass is 324 g/mol. The van der Waals surface area contributed by atoms with Crippen molar-refractivity contribution >= 4 is 15.9 Å². The average Bonchev–Trinajstić information content (AvgIpc) is 2.34. The molecule has 2 aromatic carbocycles. The number of hydrogen-bond acceptors (Lipinski definition) is 2. The molecular formula is C15H14BrFO2. The van der Waals surface area contributed by atoms with Crippen molar-refractivity contribution in [2.45, 2.75) is 20.0 Å². The number of aliphatic hydroxyl groups excluding tert-OH is 1. The molecule has 0 aliphatic carbocycles. The van der Waals surface area contributed by atoms with Crippen LogP contribution in [-0.4, -0.2) is 5.11 Å². The van der Waals surface area contributed by atoms with Crippen molar-refractivity contribution in [3.63, 3.8) is 0 Å². The molecule has 4 heteroatoms. The van der Waals surface area contributed by atoms with Crippen LogP contribution in [0.1, 0.15) is 24.2 Å². The Morgan fingerprint density at radius 3 is 2.42 bits per heavy atom. The number of hydrogen-bond donors (Lipinski definition) is 1. The maximum atomic E-state index is 13.0. The Bertz CT molecular complexity index is 597. The van der Waals surface area contributed by atoms with E-state index in [2.05, 4.69) is 15.9 Å². The summed E-state index contributed by atoms with van der Waals surface area (Å²) >= 11 is 3.40. The number of ether oxygens (including phenoxy) is 1. The molecule has 0 aromatic heterocycles. The third kappa shape index (κ3) is 3.33. The molecule has 2 rings (SSSR count).